The van der Waals surface area contributed by atoms with Gasteiger partial charge in [0.25, 0.3) is 0 Å². The summed E-state index contributed by atoms with van der Waals surface area (Å²) >= 11 is 0. The summed E-state index contributed by atoms with van der Waals surface area (Å²) in [6, 6.07) is 0.0150. The summed E-state index contributed by atoms with van der Waals surface area (Å²) in [5.41, 5.74) is 5.36. The van der Waals surface area contributed by atoms with Crippen LogP contribution in [0.4, 0.5) is 4.79 Å². The van der Waals surface area contributed by atoms with Crippen LogP contribution in [0.1, 0.15) is 34.1 Å². The molecule has 6 nitrogen and oxygen atoms in total. The molecular formula is C11H23N3O3. The van der Waals surface area contributed by atoms with E-state index in [4.69, 9.17) is 15.7 Å². The van der Waals surface area contributed by atoms with Gasteiger partial charge in [-0.2, -0.15) is 0 Å². The molecule has 0 saturated heterocycles. The highest BCUT2D eigenvalue weighted by Gasteiger charge is 2.18. The van der Waals surface area contributed by atoms with Gasteiger partial charge in [-0.15, -0.1) is 0 Å². The first-order valence-corrected chi connectivity index (χ1v) is 5.78. The summed E-state index contributed by atoms with van der Waals surface area (Å²) in [6.45, 7) is 8.51. The lowest BCUT2D eigenvalue weighted by molar-refractivity contribution is 0.0832. The fourth-order valence-corrected chi connectivity index (χ4v) is 1.17. The fourth-order valence-electron chi connectivity index (χ4n) is 1.17. The zero-order chi connectivity index (χ0) is 13.4. The van der Waals surface area contributed by atoms with Crippen molar-refractivity contribution in [2.45, 2.75) is 40.2 Å². The van der Waals surface area contributed by atoms with E-state index >= 15 is 0 Å². The molecule has 17 heavy (non-hydrogen) atoms. The second-order valence-corrected chi connectivity index (χ2v) is 4.60. The average molecular weight is 245 g/mol. The van der Waals surface area contributed by atoms with E-state index in [-0.39, 0.29) is 18.0 Å². The molecule has 1 amide bonds. The summed E-state index contributed by atoms with van der Waals surface area (Å²) in [5, 5.41) is 11.3. The van der Waals surface area contributed by atoms with Gasteiger partial charge in [0, 0.05) is 19.0 Å². The maximum Gasteiger partial charge on any atom is 0.410 e. The van der Waals surface area contributed by atoms with Gasteiger partial charge >= 0.3 is 6.09 Å². The van der Waals surface area contributed by atoms with Gasteiger partial charge in [-0.25, -0.2) is 4.79 Å². The van der Waals surface area contributed by atoms with Crippen LogP contribution in [0.15, 0.2) is 5.16 Å². The molecule has 0 bridgehead atoms. The molecule has 0 aliphatic heterocycles. The second kappa shape index (κ2) is 7.76. The Bertz CT molecular complexity index is 265. The van der Waals surface area contributed by atoms with Crippen molar-refractivity contribution in [2.75, 3.05) is 13.2 Å². The van der Waals surface area contributed by atoms with E-state index in [0.717, 1.165) is 0 Å². The fraction of sp³-hybridized carbons (Fsp3) is 0.818. The zero-order valence-corrected chi connectivity index (χ0v) is 11.0. The normalized spacial score (nSPS) is 12.0. The summed E-state index contributed by atoms with van der Waals surface area (Å²) < 4.78 is 5.14. The van der Waals surface area contributed by atoms with Crippen LogP contribution in [0.3, 0.4) is 0 Å². The highest BCUT2D eigenvalue weighted by atomic mass is 16.6. The Balaban J connectivity index is 4.27. The molecule has 0 unspecified atom stereocenters. The largest absolute Gasteiger partial charge is 0.449 e. The maximum absolute atomic E-state index is 11.8. The van der Waals surface area contributed by atoms with Crippen molar-refractivity contribution in [3.8, 4) is 0 Å². The number of carbonyl (C=O) groups is 1. The molecular weight excluding hydrogens is 222 g/mol. The van der Waals surface area contributed by atoms with Gasteiger partial charge in [-0.1, -0.05) is 19.0 Å². The van der Waals surface area contributed by atoms with Crippen LogP contribution in [0.2, 0.25) is 0 Å². The first-order valence-electron chi connectivity index (χ1n) is 5.78. The van der Waals surface area contributed by atoms with Gasteiger partial charge < -0.3 is 20.6 Å². The molecule has 0 saturated carbocycles. The highest BCUT2D eigenvalue weighted by molar-refractivity contribution is 5.80. The molecule has 0 aromatic rings. The molecule has 0 aliphatic rings. The van der Waals surface area contributed by atoms with E-state index in [2.05, 4.69) is 5.16 Å². The monoisotopic (exact) mass is 245 g/mol. The number of hydrogen-bond donors (Lipinski definition) is 2. The Morgan fingerprint density at radius 2 is 2.00 bits per heavy atom. The van der Waals surface area contributed by atoms with Gasteiger partial charge in [-0.05, 0) is 19.8 Å². The number of amidine groups is 1. The minimum absolute atomic E-state index is 0.0150. The van der Waals surface area contributed by atoms with E-state index in [9.17, 15) is 4.79 Å². The molecule has 0 aliphatic carbocycles. The van der Waals surface area contributed by atoms with Crippen molar-refractivity contribution in [1.82, 2.24) is 4.90 Å². The summed E-state index contributed by atoms with van der Waals surface area (Å²) in [7, 11) is 0. The van der Waals surface area contributed by atoms with Crippen molar-refractivity contribution in [1.29, 1.82) is 0 Å². The van der Waals surface area contributed by atoms with E-state index in [1.54, 1.807) is 4.90 Å². The molecule has 0 aromatic carbocycles. The number of rotatable bonds is 6. The SMILES string of the molecule is CC(C)COC(=O)N(CC/C(N)=N/O)C(C)C. The predicted octanol–water partition coefficient (Wildman–Crippen LogP) is 1.63. The molecule has 6 heteroatoms. The van der Waals surface area contributed by atoms with Crippen LogP contribution in [0.25, 0.3) is 0 Å². The second-order valence-electron chi connectivity index (χ2n) is 4.60. The molecule has 100 valence electrons. The van der Waals surface area contributed by atoms with Gasteiger partial charge in [0.05, 0.1) is 6.61 Å². The molecule has 0 spiro atoms. The van der Waals surface area contributed by atoms with E-state index in [1.165, 1.54) is 0 Å². The van der Waals surface area contributed by atoms with Crippen molar-refractivity contribution in [2.24, 2.45) is 16.8 Å². The van der Waals surface area contributed by atoms with E-state index < -0.39 is 0 Å². The third-order valence-electron chi connectivity index (χ3n) is 2.14. The van der Waals surface area contributed by atoms with Crippen LogP contribution in [-0.2, 0) is 4.74 Å². The third kappa shape index (κ3) is 6.65. The summed E-state index contributed by atoms with van der Waals surface area (Å²) in [4.78, 5) is 13.3. The first-order chi connectivity index (χ1) is 7.88. The van der Waals surface area contributed by atoms with E-state index in [1.807, 2.05) is 27.7 Å². The minimum Gasteiger partial charge on any atom is -0.449 e. The standard InChI is InChI=1S/C11H23N3O3/c1-8(2)7-17-11(15)14(9(3)4)6-5-10(12)13-16/h8-9,16H,5-7H2,1-4H3,(H2,12,13). The number of amides is 1. The molecule has 0 rings (SSSR count). The highest BCUT2D eigenvalue weighted by Crippen LogP contribution is 2.05. The van der Waals surface area contributed by atoms with Crippen molar-refractivity contribution in [3.63, 3.8) is 0 Å². The van der Waals surface area contributed by atoms with Gasteiger partial charge in [-0.3, -0.25) is 0 Å². The molecule has 3 N–H and O–H groups in total. The lowest BCUT2D eigenvalue weighted by atomic mass is 10.2. The Kier molecular flexibility index (Phi) is 7.09. The Hall–Kier alpha value is -1.46. The van der Waals surface area contributed by atoms with Crippen molar-refractivity contribution >= 4 is 11.9 Å². The zero-order valence-electron chi connectivity index (χ0n) is 11.0. The Morgan fingerprint density at radius 3 is 2.41 bits per heavy atom. The maximum atomic E-state index is 11.8. The van der Waals surface area contributed by atoms with Crippen molar-refractivity contribution < 1.29 is 14.7 Å². The third-order valence-corrected chi connectivity index (χ3v) is 2.14. The van der Waals surface area contributed by atoms with Gasteiger partial charge in [0.2, 0.25) is 0 Å². The molecule has 0 radical (unpaired) electrons. The van der Waals surface area contributed by atoms with Crippen LogP contribution in [0.5, 0.6) is 0 Å². The molecule has 0 heterocycles. The average Bonchev–Trinajstić information content (AvgIpc) is 2.25. The number of nitrogens with zero attached hydrogens (tertiary/aromatic N) is 2. The van der Waals surface area contributed by atoms with Crippen LogP contribution < -0.4 is 5.73 Å². The number of oxime groups is 1. The molecule has 0 atom stereocenters. The minimum atomic E-state index is -0.362. The van der Waals surface area contributed by atoms with Gasteiger partial charge in [0.1, 0.15) is 5.84 Å². The predicted molar refractivity (Wildman–Crippen MR) is 66.1 cm³/mol. The quantitative estimate of drug-likeness (QED) is 0.322. The number of hydrogen-bond acceptors (Lipinski definition) is 4. The Labute approximate surface area is 102 Å². The summed E-state index contributed by atoms with van der Waals surface area (Å²) in [5.74, 6) is 0.407. The molecule has 0 fully saturated rings. The number of nitrogens with two attached hydrogens (primary N) is 1. The number of ether oxygens (including phenoxy) is 1. The van der Waals surface area contributed by atoms with Crippen LogP contribution in [0, 0.1) is 5.92 Å². The van der Waals surface area contributed by atoms with E-state index in [0.29, 0.717) is 25.5 Å². The van der Waals surface area contributed by atoms with Gasteiger partial charge in [0.15, 0.2) is 0 Å². The molecule has 0 aromatic heterocycles. The lowest BCUT2D eigenvalue weighted by Gasteiger charge is -2.26. The smallest absolute Gasteiger partial charge is 0.410 e. The van der Waals surface area contributed by atoms with Crippen LogP contribution in [-0.4, -0.2) is 41.2 Å². The van der Waals surface area contributed by atoms with Crippen molar-refractivity contribution in [3.05, 3.63) is 0 Å². The topological polar surface area (TPSA) is 88.2 Å². The number of carbonyl (C=O) groups excluding carboxylic acids is 1. The lowest BCUT2D eigenvalue weighted by Crippen LogP contribution is -2.40. The summed E-state index contributed by atoms with van der Waals surface area (Å²) in [6.07, 6.45) is -0.0368. The first kappa shape index (κ1) is 15.5. The van der Waals surface area contributed by atoms with Crippen LogP contribution >= 0.6 is 0 Å². The Morgan fingerprint density at radius 1 is 1.41 bits per heavy atom.